The SMILES string of the molecule is Cc1oc(-c2ccccc2)nc1CCOc1ccc(/C=C2\SC(=O)N(CCC(=O)OC(C)(C)C)C2=O)cc1. The van der Waals surface area contributed by atoms with Gasteiger partial charge in [-0.25, -0.2) is 4.98 Å². The van der Waals surface area contributed by atoms with E-state index in [0.29, 0.717) is 29.6 Å². The fourth-order valence-electron chi connectivity index (χ4n) is 3.73. The lowest BCUT2D eigenvalue weighted by Gasteiger charge is -2.20. The monoisotopic (exact) mass is 534 g/mol. The summed E-state index contributed by atoms with van der Waals surface area (Å²) in [5.41, 5.74) is 1.92. The molecule has 0 spiro atoms. The summed E-state index contributed by atoms with van der Waals surface area (Å²) in [5.74, 6) is 1.17. The Hall–Kier alpha value is -3.85. The van der Waals surface area contributed by atoms with E-state index in [-0.39, 0.29) is 13.0 Å². The maximum absolute atomic E-state index is 12.7. The van der Waals surface area contributed by atoms with E-state index >= 15 is 0 Å². The van der Waals surface area contributed by atoms with Crippen LogP contribution in [0, 0.1) is 6.92 Å². The van der Waals surface area contributed by atoms with E-state index in [4.69, 9.17) is 13.9 Å². The van der Waals surface area contributed by atoms with Gasteiger partial charge in [0, 0.05) is 18.5 Å². The van der Waals surface area contributed by atoms with E-state index in [1.54, 1.807) is 26.8 Å². The fraction of sp³-hybridized carbons (Fsp3) is 0.310. The molecule has 2 aromatic carbocycles. The molecule has 2 heterocycles. The van der Waals surface area contributed by atoms with Crippen LogP contribution in [-0.2, 0) is 20.7 Å². The number of rotatable bonds is 9. The van der Waals surface area contributed by atoms with Crippen molar-refractivity contribution in [3.05, 3.63) is 76.5 Å². The molecule has 0 N–H and O–H groups in total. The summed E-state index contributed by atoms with van der Waals surface area (Å²) in [4.78, 5) is 43.0. The maximum Gasteiger partial charge on any atom is 0.308 e. The fourth-order valence-corrected chi connectivity index (χ4v) is 4.59. The van der Waals surface area contributed by atoms with Crippen molar-refractivity contribution >= 4 is 35.0 Å². The molecule has 0 radical (unpaired) electrons. The first-order chi connectivity index (χ1) is 18.1. The number of hydrogen-bond acceptors (Lipinski definition) is 8. The largest absolute Gasteiger partial charge is 0.493 e. The average Bonchev–Trinajstić information content (AvgIpc) is 3.36. The minimum absolute atomic E-state index is 0.0124. The first-order valence-electron chi connectivity index (χ1n) is 12.3. The molecule has 1 aliphatic rings. The van der Waals surface area contributed by atoms with E-state index in [9.17, 15) is 14.4 Å². The number of benzene rings is 2. The van der Waals surface area contributed by atoms with E-state index in [1.807, 2.05) is 61.5 Å². The second kappa shape index (κ2) is 11.7. The summed E-state index contributed by atoms with van der Waals surface area (Å²) in [5, 5.41) is -0.400. The van der Waals surface area contributed by atoms with Crippen molar-refractivity contribution < 1.29 is 28.3 Å². The topological polar surface area (TPSA) is 98.9 Å². The second-order valence-corrected chi connectivity index (χ2v) is 10.7. The zero-order valence-corrected chi connectivity index (χ0v) is 22.7. The Bertz CT molecular complexity index is 1340. The highest BCUT2D eigenvalue weighted by Gasteiger charge is 2.35. The number of imide groups is 1. The third kappa shape index (κ3) is 7.13. The number of aryl methyl sites for hydroxylation is 1. The molecule has 1 aliphatic heterocycles. The van der Waals surface area contributed by atoms with E-state index in [2.05, 4.69) is 4.98 Å². The molecule has 1 aromatic heterocycles. The van der Waals surface area contributed by atoms with E-state index < -0.39 is 22.7 Å². The number of oxazole rings is 1. The van der Waals surface area contributed by atoms with Crippen molar-refractivity contribution in [2.24, 2.45) is 0 Å². The number of nitrogens with zero attached hydrogens (tertiary/aromatic N) is 2. The number of carbonyl (C=O) groups is 3. The number of thioether (sulfide) groups is 1. The smallest absolute Gasteiger partial charge is 0.308 e. The van der Waals surface area contributed by atoms with Crippen molar-refractivity contribution in [2.75, 3.05) is 13.2 Å². The predicted octanol–water partition coefficient (Wildman–Crippen LogP) is 6.04. The molecule has 0 atom stereocenters. The molecule has 9 heteroatoms. The second-order valence-electron chi connectivity index (χ2n) is 9.73. The molecule has 0 aliphatic carbocycles. The maximum atomic E-state index is 12.7. The Labute approximate surface area is 226 Å². The van der Waals surface area contributed by atoms with Gasteiger partial charge in [-0.2, -0.15) is 0 Å². The highest BCUT2D eigenvalue weighted by Crippen LogP contribution is 2.32. The number of hydrogen-bond donors (Lipinski definition) is 0. The van der Waals surface area contributed by atoms with Crippen molar-refractivity contribution in [3.63, 3.8) is 0 Å². The molecule has 198 valence electrons. The van der Waals surface area contributed by atoms with Gasteiger partial charge < -0.3 is 13.9 Å². The Morgan fingerprint density at radius 1 is 1.08 bits per heavy atom. The van der Waals surface area contributed by atoms with Crippen LogP contribution in [0.15, 0.2) is 63.9 Å². The van der Waals surface area contributed by atoms with Crippen LogP contribution in [-0.4, -0.2) is 45.8 Å². The molecular formula is C29H30N2O6S. The number of esters is 1. The van der Waals surface area contributed by atoms with Crippen molar-refractivity contribution in [2.45, 2.75) is 46.1 Å². The van der Waals surface area contributed by atoms with Gasteiger partial charge in [0.1, 0.15) is 17.1 Å². The van der Waals surface area contributed by atoms with Crippen LogP contribution in [0.25, 0.3) is 17.5 Å². The third-order valence-electron chi connectivity index (χ3n) is 5.53. The van der Waals surface area contributed by atoms with Gasteiger partial charge in [0.2, 0.25) is 5.89 Å². The van der Waals surface area contributed by atoms with Gasteiger partial charge in [-0.05, 0) is 75.4 Å². The van der Waals surface area contributed by atoms with E-state index in [0.717, 1.165) is 39.2 Å². The molecule has 38 heavy (non-hydrogen) atoms. The lowest BCUT2D eigenvalue weighted by atomic mass is 10.2. The minimum atomic E-state index is -0.618. The molecule has 8 nitrogen and oxygen atoms in total. The molecule has 0 unspecified atom stereocenters. The Morgan fingerprint density at radius 3 is 2.47 bits per heavy atom. The Morgan fingerprint density at radius 2 is 1.79 bits per heavy atom. The van der Waals surface area contributed by atoms with Crippen LogP contribution in [0.2, 0.25) is 0 Å². The molecule has 1 fully saturated rings. The number of ether oxygens (including phenoxy) is 2. The van der Waals surface area contributed by atoms with Crippen molar-refractivity contribution in [1.82, 2.24) is 9.88 Å². The molecule has 1 saturated heterocycles. The number of carbonyl (C=O) groups excluding carboxylic acids is 3. The van der Waals surface area contributed by atoms with Crippen LogP contribution in [0.1, 0.15) is 44.2 Å². The summed E-state index contributed by atoms with van der Waals surface area (Å²) in [6, 6.07) is 17.0. The molecular weight excluding hydrogens is 504 g/mol. The number of aromatic nitrogens is 1. The molecule has 3 aromatic rings. The van der Waals surface area contributed by atoms with Gasteiger partial charge in [0.05, 0.1) is 23.6 Å². The summed E-state index contributed by atoms with van der Waals surface area (Å²) >= 11 is 0.858. The molecule has 0 bridgehead atoms. The minimum Gasteiger partial charge on any atom is -0.493 e. The first kappa shape index (κ1) is 27.2. The van der Waals surface area contributed by atoms with Crippen LogP contribution in [0.5, 0.6) is 5.75 Å². The van der Waals surface area contributed by atoms with Crippen molar-refractivity contribution in [1.29, 1.82) is 0 Å². The molecule has 4 rings (SSSR count). The highest BCUT2D eigenvalue weighted by atomic mass is 32.2. The summed E-state index contributed by atoms with van der Waals surface area (Å²) in [7, 11) is 0. The zero-order valence-electron chi connectivity index (χ0n) is 21.9. The van der Waals surface area contributed by atoms with Gasteiger partial charge in [0.25, 0.3) is 11.1 Å². The Balaban J connectivity index is 1.29. The predicted molar refractivity (Wildman–Crippen MR) is 145 cm³/mol. The molecule has 2 amide bonds. The summed E-state index contributed by atoms with van der Waals surface area (Å²) in [6.07, 6.45) is 2.21. The summed E-state index contributed by atoms with van der Waals surface area (Å²) < 4.78 is 16.9. The van der Waals surface area contributed by atoms with Gasteiger partial charge in [-0.1, -0.05) is 30.3 Å². The van der Waals surface area contributed by atoms with Gasteiger partial charge in [0.15, 0.2) is 0 Å². The lowest BCUT2D eigenvalue weighted by Crippen LogP contribution is -2.32. The van der Waals surface area contributed by atoms with Gasteiger partial charge >= 0.3 is 5.97 Å². The Kier molecular flexibility index (Phi) is 8.36. The van der Waals surface area contributed by atoms with E-state index in [1.165, 1.54) is 0 Å². The van der Waals surface area contributed by atoms with Crippen LogP contribution in [0.3, 0.4) is 0 Å². The lowest BCUT2D eigenvalue weighted by molar-refractivity contribution is -0.155. The summed E-state index contributed by atoms with van der Waals surface area (Å²) in [6.45, 7) is 7.61. The zero-order chi connectivity index (χ0) is 27.3. The number of amides is 2. The van der Waals surface area contributed by atoms with Crippen LogP contribution >= 0.6 is 11.8 Å². The normalized spacial score (nSPS) is 14.8. The quantitative estimate of drug-likeness (QED) is 0.242. The molecule has 0 saturated carbocycles. The highest BCUT2D eigenvalue weighted by molar-refractivity contribution is 8.18. The van der Waals surface area contributed by atoms with Crippen molar-refractivity contribution in [3.8, 4) is 17.2 Å². The van der Waals surface area contributed by atoms with Crippen LogP contribution in [0.4, 0.5) is 4.79 Å². The van der Waals surface area contributed by atoms with Gasteiger partial charge in [-0.3, -0.25) is 19.3 Å². The standard InChI is InChI=1S/C29H30N2O6S/c1-19-23(30-26(36-19)21-8-6-5-7-9-21)15-17-35-22-12-10-20(11-13-22)18-24-27(33)31(28(34)38-24)16-14-25(32)37-29(2,3)4/h5-13,18H,14-17H2,1-4H3/b24-18-. The van der Waals surface area contributed by atoms with Crippen LogP contribution < -0.4 is 4.74 Å². The van der Waals surface area contributed by atoms with Gasteiger partial charge in [-0.15, -0.1) is 0 Å². The average molecular weight is 535 g/mol. The first-order valence-corrected chi connectivity index (χ1v) is 13.1. The third-order valence-corrected chi connectivity index (χ3v) is 6.44.